The Kier molecular flexibility index (Phi) is 5.28. The van der Waals surface area contributed by atoms with Crippen LogP contribution in [0.5, 0.6) is 0 Å². The molecule has 0 fully saturated rings. The summed E-state index contributed by atoms with van der Waals surface area (Å²) < 4.78 is 25.7. The second-order valence-electron chi connectivity index (χ2n) is 4.58. The lowest BCUT2D eigenvalue weighted by molar-refractivity contribution is -0.120. The Bertz CT molecular complexity index is 591. The van der Waals surface area contributed by atoms with Gasteiger partial charge in [-0.2, -0.15) is 0 Å². The summed E-state index contributed by atoms with van der Waals surface area (Å²) in [6.07, 6.45) is 1.05. The number of carboxylic acids is 1. The molecule has 0 saturated heterocycles. The summed E-state index contributed by atoms with van der Waals surface area (Å²) in [5.41, 5.74) is -0.241. The van der Waals surface area contributed by atoms with Crippen molar-refractivity contribution in [1.82, 2.24) is 15.0 Å². The molecule has 0 aliphatic rings. The minimum absolute atomic E-state index is 0.230. The standard InChI is InChI=1S/C11H17N3O5S/c1-7(2)4-13-10(15)6-14-20(18,19)8-3-9(11(16)17)12-5-8/h3,5,7,12,14H,4,6H2,1-2H3,(H,13,15)(H,16,17). The van der Waals surface area contributed by atoms with Crippen molar-refractivity contribution in [2.45, 2.75) is 18.7 Å². The van der Waals surface area contributed by atoms with Gasteiger partial charge in [0.2, 0.25) is 15.9 Å². The molecular weight excluding hydrogens is 286 g/mol. The molecule has 0 radical (unpaired) electrons. The summed E-state index contributed by atoms with van der Waals surface area (Å²) in [5, 5.41) is 11.3. The number of carboxylic acid groups (broad SMARTS) is 1. The molecule has 9 heteroatoms. The molecule has 0 spiro atoms. The second-order valence-corrected chi connectivity index (χ2v) is 6.34. The number of aromatic nitrogens is 1. The lowest BCUT2D eigenvalue weighted by atomic mass is 10.2. The Hall–Kier alpha value is -1.87. The van der Waals surface area contributed by atoms with Crippen LogP contribution < -0.4 is 10.0 Å². The Labute approximate surface area is 116 Å². The lowest BCUT2D eigenvalue weighted by Gasteiger charge is -2.08. The molecule has 1 aromatic rings. The number of hydrogen-bond donors (Lipinski definition) is 4. The number of aromatic carboxylic acids is 1. The van der Waals surface area contributed by atoms with Gasteiger partial charge < -0.3 is 15.4 Å². The topological polar surface area (TPSA) is 128 Å². The van der Waals surface area contributed by atoms with Gasteiger partial charge in [0.25, 0.3) is 0 Å². The third-order valence-corrected chi connectivity index (χ3v) is 3.71. The molecule has 1 rings (SSSR count). The number of nitrogens with one attached hydrogen (secondary N) is 3. The van der Waals surface area contributed by atoms with Crippen molar-refractivity contribution in [2.24, 2.45) is 5.92 Å². The molecule has 0 aliphatic carbocycles. The van der Waals surface area contributed by atoms with E-state index in [0.29, 0.717) is 6.54 Å². The van der Waals surface area contributed by atoms with Crippen molar-refractivity contribution in [2.75, 3.05) is 13.1 Å². The van der Waals surface area contributed by atoms with Gasteiger partial charge in [0.05, 0.1) is 6.54 Å². The molecule has 0 unspecified atom stereocenters. The molecule has 0 saturated carbocycles. The van der Waals surface area contributed by atoms with Crippen LogP contribution in [-0.2, 0) is 14.8 Å². The van der Waals surface area contributed by atoms with Gasteiger partial charge in [-0.1, -0.05) is 13.8 Å². The molecule has 20 heavy (non-hydrogen) atoms. The molecule has 4 N–H and O–H groups in total. The molecule has 112 valence electrons. The minimum Gasteiger partial charge on any atom is -0.477 e. The summed E-state index contributed by atoms with van der Waals surface area (Å²) in [4.78, 5) is 24.1. The maximum atomic E-state index is 11.8. The van der Waals surface area contributed by atoms with Crippen LogP contribution in [0.3, 0.4) is 0 Å². The van der Waals surface area contributed by atoms with Crippen molar-refractivity contribution in [1.29, 1.82) is 0 Å². The van der Waals surface area contributed by atoms with Gasteiger partial charge in [-0.15, -0.1) is 0 Å². The fourth-order valence-electron chi connectivity index (χ4n) is 1.28. The van der Waals surface area contributed by atoms with Crippen LogP contribution in [-0.4, -0.2) is 43.5 Å². The van der Waals surface area contributed by atoms with E-state index in [4.69, 9.17) is 5.11 Å². The van der Waals surface area contributed by atoms with Gasteiger partial charge in [0.15, 0.2) is 0 Å². The van der Waals surface area contributed by atoms with Crippen molar-refractivity contribution in [3.63, 3.8) is 0 Å². The number of carbonyl (C=O) groups excluding carboxylic acids is 1. The van der Waals surface area contributed by atoms with E-state index >= 15 is 0 Å². The highest BCUT2D eigenvalue weighted by atomic mass is 32.2. The van der Waals surface area contributed by atoms with Crippen molar-refractivity contribution >= 4 is 21.9 Å². The Morgan fingerprint density at radius 1 is 1.40 bits per heavy atom. The van der Waals surface area contributed by atoms with Crippen LogP contribution >= 0.6 is 0 Å². The van der Waals surface area contributed by atoms with E-state index in [9.17, 15) is 18.0 Å². The molecule has 8 nitrogen and oxygen atoms in total. The van der Waals surface area contributed by atoms with Crippen molar-refractivity contribution in [3.05, 3.63) is 18.0 Å². The third-order valence-electron chi connectivity index (χ3n) is 2.33. The first-order chi connectivity index (χ1) is 9.22. The van der Waals surface area contributed by atoms with E-state index in [2.05, 4.69) is 15.0 Å². The highest BCUT2D eigenvalue weighted by Crippen LogP contribution is 2.10. The molecule has 1 heterocycles. The lowest BCUT2D eigenvalue weighted by Crippen LogP contribution is -2.38. The molecule has 0 atom stereocenters. The van der Waals surface area contributed by atoms with E-state index < -0.39 is 28.4 Å². The second kappa shape index (κ2) is 6.53. The van der Waals surface area contributed by atoms with Crippen LogP contribution in [0.1, 0.15) is 24.3 Å². The highest BCUT2D eigenvalue weighted by Gasteiger charge is 2.19. The van der Waals surface area contributed by atoms with Gasteiger partial charge in [-0.25, -0.2) is 17.9 Å². The van der Waals surface area contributed by atoms with E-state index in [1.165, 1.54) is 0 Å². The minimum atomic E-state index is -3.91. The van der Waals surface area contributed by atoms with Crippen LogP contribution in [0.25, 0.3) is 0 Å². The van der Waals surface area contributed by atoms with Gasteiger partial charge in [0.1, 0.15) is 10.6 Å². The number of amides is 1. The predicted octanol–water partition coefficient (Wildman–Crippen LogP) is -0.237. The van der Waals surface area contributed by atoms with Crippen LogP contribution in [0.4, 0.5) is 0 Å². The highest BCUT2D eigenvalue weighted by molar-refractivity contribution is 7.89. The van der Waals surface area contributed by atoms with E-state index in [0.717, 1.165) is 12.3 Å². The molecule has 0 aromatic carbocycles. The summed E-state index contributed by atoms with van der Waals surface area (Å²) in [7, 11) is -3.91. The number of sulfonamides is 1. The monoisotopic (exact) mass is 303 g/mol. The average Bonchev–Trinajstić information content (AvgIpc) is 2.84. The van der Waals surface area contributed by atoms with Crippen molar-refractivity contribution < 1.29 is 23.1 Å². The summed E-state index contributed by atoms with van der Waals surface area (Å²) in [6, 6.07) is 0.983. The van der Waals surface area contributed by atoms with Crippen LogP contribution in [0.15, 0.2) is 17.2 Å². The average molecular weight is 303 g/mol. The van der Waals surface area contributed by atoms with Crippen molar-refractivity contribution in [3.8, 4) is 0 Å². The Balaban J connectivity index is 2.61. The fraction of sp³-hybridized carbons (Fsp3) is 0.455. The summed E-state index contributed by atoms with van der Waals surface area (Å²) in [5.74, 6) is -1.45. The zero-order chi connectivity index (χ0) is 15.3. The molecule has 1 amide bonds. The summed E-state index contributed by atoms with van der Waals surface area (Å²) in [6.45, 7) is 3.88. The van der Waals surface area contributed by atoms with E-state index in [-0.39, 0.29) is 16.5 Å². The molecule has 0 bridgehead atoms. The van der Waals surface area contributed by atoms with Gasteiger partial charge in [0, 0.05) is 12.7 Å². The maximum absolute atomic E-state index is 11.8. The fourth-order valence-corrected chi connectivity index (χ4v) is 2.25. The van der Waals surface area contributed by atoms with Gasteiger partial charge in [-0.3, -0.25) is 4.79 Å². The molecular formula is C11H17N3O5S. The molecule has 1 aromatic heterocycles. The first kappa shape index (κ1) is 16.2. The normalized spacial score (nSPS) is 11.6. The zero-order valence-corrected chi connectivity index (χ0v) is 12.0. The van der Waals surface area contributed by atoms with Crippen LogP contribution in [0.2, 0.25) is 0 Å². The first-order valence-corrected chi connectivity index (χ1v) is 7.38. The van der Waals surface area contributed by atoms with Gasteiger partial charge >= 0.3 is 5.97 Å². The summed E-state index contributed by atoms with van der Waals surface area (Å²) >= 11 is 0. The van der Waals surface area contributed by atoms with Gasteiger partial charge in [-0.05, 0) is 12.0 Å². The smallest absolute Gasteiger partial charge is 0.352 e. The van der Waals surface area contributed by atoms with Crippen LogP contribution in [0, 0.1) is 5.92 Å². The number of aromatic amines is 1. The third kappa shape index (κ3) is 4.67. The SMILES string of the molecule is CC(C)CNC(=O)CNS(=O)(=O)c1c[nH]c(C(=O)O)c1. The van der Waals surface area contributed by atoms with E-state index in [1.54, 1.807) is 0 Å². The Morgan fingerprint density at radius 2 is 2.05 bits per heavy atom. The largest absolute Gasteiger partial charge is 0.477 e. The zero-order valence-electron chi connectivity index (χ0n) is 11.1. The number of carbonyl (C=O) groups is 2. The number of rotatable bonds is 7. The number of hydrogen-bond acceptors (Lipinski definition) is 4. The quantitative estimate of drug-likeness (QED) is 0.553. The molecule has 0 aliphatic heterocycles. The number of H-pyrrole nitrogens is 1. The first-order valence-electron chi connectivity index (χ1n) is 5.90. The predicted molar refractivity (Wildman–Crippen MR) is 70.8 cm³/mol. The van der Waals surface area contributed by atoms with E-state index in [1.807, 2.05) is 13.8 Å². The maximum Gasteiger partial charge on any atom is 0.352 e. The Morgan fingerprint density at radius 3 is 2.55 bits per heavy atom.